The zero-order chi connectivity index (χ0) is 19.6. The molecule has 8 heteroatoms. The zero-order valence-corrected chi connectivity index (χ0v) is 16.5. The standard InChI is InChI=1S/C16H13N3O2S.C4H10N2/c1-21-15-14(17-12-9-5-6-10-13(12)18-15)19-16(20)22-11-7-3-2-4-8-11;1-2-6-4-3-5-1/h2-10H,1H3,(H,17,19,20);5-6H,1-4H2. The van der Waals surface area contributed by atoms with E-state index in [1.54, 1.807) is 0 Å². The van der Waals surface area contributed by atoms with Gasteiger partial charge in [-0.05, 0) is 36.0 Å². The van der Waals surface area contributed by atoms with E-state index in [0.717, 1.165) is 42.8 Å². The van der Waals surface area contributed by atoms with Crippen LogP contribution in [0.15, 0.2) is 59.5 Å². The number of carbonyl (C=O) groups is 1. The van der Waals surface area contributed by atoms with Gasteiger partial charge in [0, 0.05) is 31.1 Å². The maximum atomic E-state index is 12.1. The summed E-state index contributed by atoms with van der Waals surface area (Å²) in [4.78, 5) is 21.7. The molecular formula is C20H23N5O2S. The van der Waals surface area contributed by atoms with Crippen LogP contribution in [-0.4, -0.2) is 48.5 Å². The van der Waals surface area contributed by atoms with E-state index in [0.29, 0.717) is 22.7 Å². The van der Waals surface area contributed by atoms with E-state index >= 15 is 0 Å². The highest BCUT2D eigenvalue weighted by Gasteiger charge is 2.13. The van der Waals surface area contributed by atoms with Crippen LogP contribution in [0.4, 0.5) is 10.6 Å². The lowest BCUT2D eigenvalue weighted by Crippen LogP contribution is -2.39. The highest BCUT2D eigenvalue weighted by atomic mass is 32.2. The number of anilines is 1. The van der Waals surface area contributed by atoms with Crippen LogP contribution in [0.25, 0.3) is 11.0 Å². The van der Waals surface area contributed by atoms with Crippen LogP contribution in [0.3, 0.4) is 0 Å². The summed E-state index contributed by atoms with van der Waals surface area (Å²) in [7, 11) is 1.50. The zero-order valence-electron chi connectivity index (χ0n) is 15.6. The van der Waals surface area contributed by atoms with Gasteiger partial charge in [-0.3, -0.25) is 10.1 Å². The number of piperazine rings is 1. The molecule has 28 heavy (non-hydrogen) atoms. The third kappa shape index (κ3) is 5.91. The van der Waals surface area contributed by atoms with E-state index in [1.807, 2.05) is 54.6 Å². The number of hydrogen-bond acceptors (Lipinski definition) is 7. The lowest BCUT2D eigenvalue weighted by Gasteiger charge is -2.11. The van der Waals surface area contributed by atoms with Crippen molar-refractivity contribution in [2.24, 2.45) is 0 Å². The number of carbonyl (C=O) groups excluding carboxylic acids is 1. The molecule has 1 amide bonds. The van der Waals surface area contributed by atoms with Gasteiger partial charge in [0.15, 0.2) is 5.82 Å². The number of thioether (sulfide) groups is 1. The van der Waals surface area contributed by atoms with Crippen molar-refractivity contribution in [1.29, 1.82) is 0 Å². The Morgan fingerprint density at radius 2 is 1.50 bits per heavy atom. The fourth-order valence-electron chi connectivity index (χ4n) is 2.53. The Kier molecular flexibility index (Phi) is 7.60. The first-order chi connectivity index (χ1) is 13.8. The van der Waals surface area contributed by atoms with Gasteiger partial charge in [-0.15, -0.1) is 0 Å². The van der Waals surface area contributed by atoms with E-state index in [4.69, 9.17) is 4.74 Å². The number of nitrogens with zero attached hydrogens (tertiary/aromatic N) is 2. The number of nitrogens with one attached hydrogen (secondary N) is 3. The third-order valence-electron chi connectivity index (χ3n) is 3.86. The Hall–Kier alpha value is -2.68. The molecule has 146 valence electrons. The molecule has 0 unspecified atom stereocenters. The molecule has 1 aromatic heterocycles. The van der Waals surface area contributed by atoms with Crippen LogP contribution in [0, 0.1) is 0 Å². The summed E-state index contributed by atoms with van der Waals surface area (Å²) in [5, 5.41) is 8.93. The molecule has 0 spiro atoms. The second kappa shape index (κ2) is 10.6. The van der Waals surface area contributed by atoms with Crippen molar-refractivity contribution in [1.82, 2.24) is 20.6 Å². The monoisotopic (exact) mass is 397 g/mol. The van der Waals surface area contributed by atoms with Gasteiger partial charge in [0.1, 0.15) is 0 Å². The molecule has 3 aromatic rings. The van der Waals surface area contributed by atoms with Crippen molar-refractivity contribution in [3.05, 3.63) is 54.6 Å². The topological polar surface area (TPSA) is 88.2 Å². The van der Waals surface area contributed by atoms with E-state index in [1.165, 1.54) is 7.11 Å². The minimum absolute atomic E-state index is 0.242. The molecule has 0 saturated carbocycles. The Morgan fingerprint density at radius 1 is 0.929 bits per heavy atom. The Balaban J connectivity index is 0.000000320. The summed E-state index contributed by atoms with van der Waals surface area (Å²) in [6.45, 7) is 4.56. The molecule has 1 aliphatic rings. The predicted molar refractivity (Wildman–Crippen MR) is 113 cm³/mol. The SMILES string of the molecule is C1CNCCN1.COc1nc2ccccc2nc1NC(=O)Sc1ccccc1. The summed E-state index contributed by atoms with van der Waals surface area (Å²) < 4.78 is 5.21. The van der Waals surface area contributed by atoms with Crippen molar-refractivity contribution in [3.63, 3.8) is 0 Å². The second-order valence-electron chi connectivity index (χ2n) is 5.90. The fraction of sp³-hybridized carbons (Fsp3) is 0.250. The number of benzene rings is 2. The first-order valence-electron chi connectivity index (χ1n) is 9.02. The number of amides is 1. The van der Waals surface area contributed by atoms with Gasteiger partial charge in [0.2, 0.25) is 0 Å². The third-order valence-corrected chi connectivity index (χ3v) is 4.66. The Morgan fingerprint density at radius 3 is 2.07 bits per heavy atom. The molecule has 2 heterocycles. The lowest BCUT2D eigenvalue weighted by atomic mass is 10.3. The average molecular weight is 398 g/mol. The maximum Gasteiger partial charge on any atom is 0.289 e. The molecule has 1 fully saturated rings. The summed E-state index contributed by atoms with van der Waals surface area (Å²) in [5.74, 6) is 0.607. The largest absolute Gasteiger partial charge is 0.478 e. The van der Waals surface area contributed by atoms with Gasteiger partial charge in [0.25, 0.3) is 11.1 Å². The molecule has 1 aliphatic heterocycles. The molecule has 0 aliphatic carbocycles. The van der Waals surface area contributed by atoms with Crippen molar-refractivity contribution in [2.75, 3.05) is 38.6 Å². The van der Waals surface area contributed by atoms with Gasteiger partial charge in [-0.2, -0.15) is 0 Å². The van der Waals surface area contributed by atoms with Gasteiger partial charge < -0.3 is 15.4 Å². The molecule has 0 bridgehead atoms. The molecule has 0 radical (unpaired) electrons. The van der Waals surface area contributed by atoms with Gasteiger partial charge in [-0.1, -0.05) is 30.3 Å². The summed E-state index contributed by atoms with van der Waals surface area (Å²) in [5.41, 5.74) is 1.41. The van der Waals surface area contributed by atoms with Crippen LogP contribution < -0.4 is 20.7 Å². The Bertz CT molecular complexity index is 892. The van der Waals surface area contributed by atoms with Gasteiger partial charge in [-0.25, -0.2) is 9.97 Å². The molecule has 1 saturated heterocycles. The van der Waals surface area contributed by atoms with Crippen LogP contribution >= 0.6 is 11.8 Å². The molecule has 3 N–H and O–H groups in total. The van der Waals surface area contributed by atoms with Crippen molar-refractivity contribution in [2.45, 2.75) is 4.90 Å². The highest BCUT2D eigenvalue weighted by Crippen LogP contribution is 2.26. The number of rotatable bonds is 3. The molecule has 2 aromatic carbocycles. The van der Waals surface area contributed by atoms with Crippen LogP contribution in [0.1, 0.15) is 0 Å². The summed E-state index contributed by atoms with van der Waals surface area (Å²) in [6, 6.07) is 16.8. The first kappa shape index (κ1) is 20.1. The minimum atomic E-state index is -0.242. The molecule has 0 atom stereocenters. The minimum Gasteiger partial charge on any atom is -0.478 e. The molecule has 4 rings (SSSR count). The van der Waals surface area contributed by atoms with Crippen molar-refractivity contribution in [3.8, 4) is 5.88 Å². The van der Waals surface area contributed by atoms with E-state index in [2.05, 4.69) is 25.9 Å². The Labute approximate surface area is 168 Å². The van der Waals surface area contributed by atoms with Crippen LogP contribution in [0.2, 0.25) is 0 Å². The lowest BCUT2D eigenvalue weighted by molar-refractivity contribution is 0.269. The number of para-hydroxylation sites is 2. The predicted octanol–water partition coefficient (Wildman–Crippen LogP) is 3.14. The van der Waals surface area contributed by atoms with E-state index in [-0.39, 0.29) is 5.24 Å². The normalized spacial score (nSPS) is 13.3. The van der Waals surface area contributed by atoms with Crippen LogP contribution in [-0.2, 0) is 0 Å². The summed E-state index contributed by atoms with van der Waals surface area (Å²) in [6.07, 6.45) is 0. The van der Waals surface area contributed by atoms with Crippen molar-refractivity contribution < 1.29 is 9.53 Å². The first-order valence-corrected chi connectivity index (χ1v) is 9.84. The number of ether oxygens (including phenoxy) is 1. The van der Waals surface area contributed by atoms with E-state index < -0.39 is 0 Å². The highest BCUT2D eigenvalue weighted by molar-refractivity contribution is 8.13. The maximum absolute atomic E-state index is 12.1. The van der Waals surface area contributed by atoms with Gasteiger partial charge in [0.05, 0.1) is 18.1 Å². The molecular weight excluding hydrogens is 374 g/mol. The van der Waals surface area contributed by atoms with E-state index in [9.17, 15) is 4.79 Å². The van der Waals surface area contributed by atoms with Crippen molar-refractivity contribution >= 4 is 33.9 Å². The second-order valence-corrected chi connectivity index (χ2v) is 6.94. The number of methoxy groups -OCH3 is 1. The number of fused-ring (bicyclic) bond motifs is 1. The number of aromatic nitrogens is 2. The fourth-order valence-corrected chi connectivity index (χ4v) is 3.18. The van der Waals surface area contributed by atoms with Gasteiger partial charge >= 0.3 is 0 Å². The summed E-state index contributed by atoms with van der Waals surface area (Å²) >= 11 is 1.09. The average Bonchev–Trinajstić information content (AvgIpc) is 2.75. The van der Waals surface area contributed by atoms with Crippen LogP contribution in [0.5, 0.6) is 5.88 Å². The quantitative estimate of drug-likeness (QED) is 0.585. The smallest absolute Gasteiger partial charge is 0.289 e. The molecule has 7 nitrogen and oxygen atoms in total. The number of hydrogen-bond donors (Lipinski definition) is 3.